The fourth-order valence-corrected chi connectivity index (χ4v) is 5.68. The SMILES string of the molecule is CC1CCCCCCOc2cccc(c2)C(CCc2ccccc2)OC(=O)[C@@H]2CCCCN2C(=O)C(=O)C(C)(C)CO1. The van der Waals surface area contributed by atoms with Crippen molar-refractivity contribution in [3.8, 4) is 5.75 Å². The van der Waals surface area contributed by atoms with Crippen LogP contribution in [0, 0.1) is 5.41 Å². The van der Waals surface area contributed by atoms with E-state index in [0.717, 1.165) is 68.2 Å². The standard InChI is InChI=1S/C35H47NO6/c1-26-14-7-4-5-12-23-40-29-18-13-17-28(24-29)31(21-20-27-15-8-6-9-16-27)42-34(39)30-19-10-11-22-36(30)33(38)32(37)35(2,3)25-41-26/h6,8-9,13,15-18,24,26,30-31H,4-5,7,10-12,14,19-23,25H2,1-3H3/t26?,30-,31?/m0/s1. The van der Waals surface area contributed by atoms with E-state index >= 15 is 0 Å². The van der Waals surface area contributed by atoms with Crippen molar-refractivity contribution >= 4 is 17.7 Å². The molecule has 3 atom stereocenters. The molecule has 2 aromatic carbocycles. The lowest BCUT2D eigenvalue weighted by Gasteiger charge is -2.36. The van der Waals surface area contributed by atoms with Gasteiger partial charge in [-0.1, -0.05) is 75.6 Å². The zero-order valence-electron chi connectivity index (χ0n) is 25.5. The Morgan fingerprint density at radius 1 is 0.881 bits per heavy atom. The summed E-state index contributed by atoms with van der Waals surface area (Å²) in [6.45, 7) is 6.65. The molecule has 2 aromatic rings. The van der Waals surface area contributed by atoms with Gasteiger partial charge in [-0.15, -0.1) is 0 Å². The number of Topliss-reactive ketones (excluding diaryl/α,β-unsaturated/α-hetero) is 1. The summed E-state index contributed by atoms with van der Waals surface area (Å²) in [5.41, 5.74) is 1.02. The van der Waals surface area contributed by atoms with Crippen LogP contribution in [0.1, 0.15) is 95.8 Å². The molecular weight excluding hydrogens is 530 g/mol. The minimum absolute atomic E-state index is 0.00851. The minimum atomic E-state index is -0.994. The van der Waals surface area contributed by atoms with Gasteiger partial charge in [0.1, 0.15) is 17.9 Å². The highest BCUT2D eigenvalue weighted by Gasteiger charge is 2.42. The number of fused-ring (bicyclic) bond motifs is 3. The van der Waals surface area contributed by atoms with Crippen LogP contribution in [0.4, 0.5) is 0 Å². The molecule has 7 heteroatoms. The molecule has 2 bridgehead atoms. The van der Waals surface area contributed by atoms with Crippen LogP contribution in [0.2, 0.25) is 0 Å². The molecule has 7 nitrogen and oxygen atoms in total. The molecule has 0 radical (unpaired) electrons. The largest absolute Gasteiger partial charge is 0.494 e. The highest BCUT2D eigenvalue weighted by molar-refractivity contribution is 6.38. The van der Waals surface area contributed by atoms with E-state index in [2.05, 4.69) is 12.1 Å². The summed E-state index contributed by atoms with van der Waals surface area (Å²) < 4.78 is 18.3. The number of carbonyl (C=O) groups is 3. The summed E-state index contributed by atoms with van der Waals surface area (Å²) in [6, 6.07) is 17.1. The quantitative estimate of drug-likeness (QED) is 0.301. The molecule has 0 aliphatic carbocycles. The van der Waals surface area contributed by atoms with E-state index in [1.807, 2.05) is 49.4 Å². The van der Waals surface area contributed by atoms with E-state index in [9.17, 15) is 14.4 Å². The Kier molecular flexibility index (Phi) is 11.6. The summed E-state index contributed by atoms with van der Waals surface area (Å²) in [5.74, 6) is -0.858. The summed E-state index contributed by atoms with van der Waals surface area (Å²) in [7, 11) is 0. The van der Waals surface area contributed by atoms with Crippen LogP contribution in [0.5, 0.6) is 5.75 Å². The first-order chi connectivity index (χ1) is 20.2. The average Bonchev–Trinajstić information content (AvgIpc) is 3.01. The lowest BCUT2D eigenvalue weighted by atomic mass is 9.87. The second-order valence-electron chi connectivity index (χ2n) is 12.4. The van der Waals surface area contributed by atoms with Crippen molar-refractivity contribution < 1.29 is 28.6 Å². The van der Waals surface area contributed by atoms with Gasteiger partial charge in [-0.3, -0.25) is 9.59 Å². The summed E-state index contributed by atoms with van der Waals surface area (Å²) in [5, 5.41) is 0. The summed E-state index contributed by atoms with van der Waals surface area (Å²) >= 11 is 0. The number of rotatable bonds is 3. The molecule has 0 N–H and O–H groups in total. The van der Waals surface area contributed by atoms with Gasteiger partial charge in [-0.25, -0.2) is 4.79 Å². The number of esters is 1. The molecule has 4 rings (SSSR count). The number of piperidine rings is 1. The number of amides is 1. The van der Waals surface area contributed by atoms with Crippen molar-refractivity contribution in [2.24, 2.45) is 5.41 Å². The minimum Gasteiger partial charge on any atom is -0.494 e. The van der Waals surface area contributed by atoms with Crippen LogP contribution in [0.3, 0.4) is 0 Å². The molecule has 228 valence electrons. The molecule has 2 aliphatic rings. The third-order valence-corrected chi connectivity index (χ3v) is 8.37. The number of carbonyl (C=O) groups excluding carboxylic acids is 3. The lowest BCUT2D eigenvalue weighted by Crippen LogP contribution is -2.53. The van der Waals surface area contributed by atoms with E-state index in [4.69, 9.17) is 14.2 Å². The number of benzene rings is 2. The van der Waals surface area contributed by atoms with E-state index < -0.39 is 35.2 Å². The van der Waals surface area contributed by atoms with Crippen LogP contribution < -0.4 is 4.74 Å². The van der Waals surface area contributed by atoms with Gasteiger partial charge in [0.2, 0.25) is 5.78 Å². The van der Waals surface area contributed by atoms with E-state index in [-0.39, 0.29) is 12.7 Å². The normalized spacial score (nSPS) is 25.0. The van der Waals surface area contributed by atoms with Gasteiger partial charge >= 0.3 is 5.97 Å². The van der Waals surface area contributed by atoms with Crippen LogP contribution in [-0.2, 0) is 30.3 Å². The predicted octanol–water partition coefficient (Wildman–Crippen LogP) is 6.63. The maximum atomic E-state index is 13.8. The van der Waals surface area contributed by atoms with Gasteiger partial charge in [-0.05, 0) is 75.1 Å². The molecule has 42 heavy (non-hydrogen) atoms. The summed E-state index contributed by atoms with van der Waals surface area (Å²) in [6.07, 6.45) is 7.80. The summed E-state index contributed by atoms with van der Waals surface area (Å²) in [4.78, 5) is 42.2. The number of cyclic esters (lactones) is 1. The fourth-order valence-electron chi connectivity index (χ4n) is 5.68. The average molecular weight is 578 g/mol. The smallest absolute Gasteiger partial charge is 0.329 e. The molecule has 2 heterocycles. The monoisotopic (exact) mass is 577 g/mol. The van der Waals surface area contributed by atoms with Crippen LogP contribution in [0.15, 0.2) is 54.6 Å². The van der Waals surface area contributed by atoms with Gasteiger partial charge in [-0.2, -0.15) is 0 Å². The number of ketones is 1. The first-order valence-electron chi connectivity index (χ1n) is 15.7. The van der Waals surface area contributed by atoms with E-state index in [1.165, 1.54) is 4.90 Å². The van der Waals surface area contributed by atoms with Crippen LogP contribution in [0.25, 0.3) is 0 Å². The van der Waals surface area contributed by atoms with Crippen molar-refractivity contribution in [3.05, 3.63) is 65.7 Å². The molecule has 0 saturated carbocycles. The third-order valence-electron chi connectivity index (χ3n) is 8.37. The Hall–Kier alpha value is -3.19. The molecule has 0 aromatic heterocycles. The number of ether oxygens (including phenoxy) is 3. The maximum absolute atomic E-state index is 13.8. The van der Waals surface area contributed by atoms with E-state index in [0.29, 0.717) is 26.0 Å². The highest BCUT2D eigenvalue weighted by atomic mass is 16.5. The first kappa shape index (κ1) is 31.7. The number of hydrogen-bond donors (Lipinski definition) is 0. The van der Waals surface area contributed by atoms with Gasteiger partial charge in [0, 0.05) is 6.54 Å². The molecule has 1 saturated heterocycles. The molecule has 1 amide bonds. The van der Waals surface area contributed by atoms with Gasteiger partial charge in [0.05, 0.1) is 24.7 Å². The second-order valence-corrected chi connectivity index (χ2v) is 12.4. The third kappa shape index (κ3) is 8.90. The number of aryl methyl sites for hydroxylation is 1. The molecule has 0 spiro atoms. The maximum Gasteiger partial charge on any atom is 0.329 e. The van der Waals surface area contributed by atoms with Gasteiger partial charge in [0.15, 0.2) is 0 Å². The fraction of sp³-hybridized carbons (Fsp3) is 0.571. The first-order valence-corrected chi connectivity index (χ1v) is 15.7. The number of hydrogen-bond acceptors (Lipinski definition) is 6. The topological polar surface area (TPSA) is 82.1 Å². The van der Waals surface area contributed by atoms with Crippen molar-refractivity contribution in [1.82, 2.24) is 4.90 Å². The van der Waals surface area contributed by atoms with Crippen molar-refractivity contribution in [2.45, 2.75) is 103 Å². The van der Waals surface area contributed by atoms with Crippen molar-refractivity contribution in [2.75, 3.05) is 19.8 Å². The van der Waals surface area contributed by atoms with Crippen molar-refractivity contribution in [3.63, 3.8) is 0 Å². The van der Waals surface area contributed by atoms with Crippen LogP contribution >= 0.6 is 0 Å². The molecular formula is C35H47NO6. The molecule has 2 unspecified atom stereocenters. The second kappa shape index (κ2) is 15.3. The molecule has 1 fully saturated rings. The Morgan fingerprint density at radius 3 is 2.45 bits per heavy atom. The highest BCUT2D eigenvalue weighted by Crippen LogP contribution is 2.30. The number of nitrogens with zero attached hydrogens (tertiary/aromatic N) is 1. The zero-order valence-corrected chi connectivity index (χ0v) is 25.5. The van der Waals surface area contributed by atoms with Gasteiger partial charge < -0.3 is 19.1 Å². The predicted molar refractivity (Wildman–Crippen MR) is 162 cm³/mol. The lowest BCUT2D eigenvalue weighted by molar-refractivity contribution is -0.165. The van der Waals surface area contributed by atoms with Crippen LogP contribution in [-0.4, -0.2) is 54.5 Å². The Labute approximate surface area is 250 Å². The van der Waals surface area contributed by atoms with E-state index in [1.54, 1.807) is 13.8 Å². The zero-order chi connectivity index (χ0) is 30.0. The Balaban J connectivity index is 1.59. The Morgan fingerprint density at radius 2 is 1.64 bits per heavy atom. The van der Waals surface area contributed by atoms with Gasteiger partial charge in [0.25, 0.3) is 5.91 Å². The van der Waals surface area contributed by atoms with Crippen molar-refractivity contribution in [1.29, 1.82) is 0 Å². The Bertz CT molecular complexity index is 1180. The molecule has 2 aliphatic heterocycles.